The molecule has 2 aromatic heterocycles. The normalized spacial score (nSPS) is 20.5. The van der Waals surface area contributed by atoms with Crippen LogP contribution in [0.5, 0.6) is 0 Å². The number of nitrogens with one attached hydrogen (secondary N) is 1. The molecule has 0 aliphatic carbocycles. The van der Waals surface area contributed by atoms with Crippen LogP contribution in [-0.2, 0) is 23.3 Å². The molecular formula is C21H32N6O. The summed E-state index contributed by atoms with van der Waals surface area (Å²) >= 11 is 0. The number of nitrogens with zero attached hydrogens (tertiary/aromatic N) is 5. The van der Waals surface area contributed by atoms with E-state index in [0.717, 1.165) is 45.4 Å². The molecule has 2 aliphatic heterocycles. The van der Waals surface area contributed by atoms with Crippen LogP contribution >= 0.6 is 0 Å². The summed E-state index contributed by atoms with van der Waals surface area (Å²) in [4.78, 5) is 25.8. The molecule has 0 aromatic carbocycles. The number of amides is 1. The van der Waals surface area contributed by atoms with Gasteiger partial charge in [-0.2, -0.15) is 5.10 Å². The maximum absolute atomic E-state index is 13.0. The number of piperidine rings is 1. The molecule has 1 spiro atoms. The Kier molecular flexibility index (Phi) is 5.27. The Bertz CT molecular complexity index is 788. The molecule has 7 nitrogen and oxygen atoms in total. The lowest BCUT2D eigenvalue weighted by Gasteiger charge is -2.51. The van der Waals surface area contributed by atoms with Gasteiger partial charge in [0, 0.05) is 50.7 Å². The zero-order valence-electron chi connectivity index (χ0n) is 17.3. The molecule has 4 rings (SSSR count). The van der Waals surface area contributed by atoms with Gasteiger partial charge < -0.3 is 9.88 Å². The Morgan fingerprint density at radius 3 is 2.68 bits per heavy atom. The molecule has 2 aliphatic rings. The molecule has 4 heterocycles. The van der Waals surface area contributed by atoms with Crippen molar-refractivity contribution in [2.75, 3.05) is 26.2 Å². The highest BCUT2D eigenvalue weighted by atomic mass is 16.2. The number of imidazole rings is 1. The van der Waals surface area contributed by atoms with Gasteiger partial charge in [0.15, 0.2) is 0 Å². The van der Waals surface area contributed by atoms with E-state index in [9.17, 15) is 4.79 Å². The molecule has 1 amide bonds. The molecule has 0 radical (unpaired) electrons. The van der Waals surface area contributed by atoms with Crippen LogP contribution in [0, 0.1) is 11.8 Å². The number of hydrogen-bond acceptors (Lipinski definition) is 4. The fourth-order valence-electron chi connectivity index (χ4n) is 4.96. The Labute approximate surface area is 167 Å². The number of aromatic amines is 1. The number of fused-ring (bicyclic) bond motifs is 2. The highest BCUT2D eigenvalue weighted by Crippen LogP contribution is 2.42. The van der Waals surface area contributed by atoms with Gasteiger partial charge >= 0.3 is 0 Å². The first-order chi connectivity index (χ1) is 13.5. The average Bonchev–Trinajstić information content (AvgIpc) is 3.36. The second kappa shape index (κ2) is 7.70. The van der Waals surface area contributed by atoms with E-state index >= 15 is 0 Å². The lowest BCUT2D eigenvalue weighted by molar-refractivity contribution is -0.139. The van der Waals surface area contributed by atoms with Crippen LogP contribution in [0.25, 0.3) is 0 Å². The van der Waals surface area contributed by atoms with E-state index < -0.39 is 0 Å². The van der Waals surface area contributed by atoms with Crippen LogP contribution in [0.1, 0.15) is 45.0 Å². The molecular weight excluding hydrogens is 352 g/mol. The number of likely N-dealkylation sites (tertiary alicyclic amines) is 1. The first kappa shape index (κ1) is 19.2. The first-order valence-corrected chi connectivity index (χ1v) is 10.5. The smallest absolute Gasteiger partial charge is 0.227 e. The fraction of sp³-hybridized carbons (Fsp3) is 0.667. The van der Waals surface area contributed by atoms with Crippen molar-refractivity contribution in [2.24, 2.45) is 11.8 Å². The van der Waals surface area contributed by atoms with Crippen molar-refractivity contribution in [3.8, 4) is 0 Å². The van der Waals surface area contributed by atoms with Crippen LogP contribution in [0.15, 0.2) is 24.8 Å². The highest BCUT2D eigenvalue weighted by Gasteiger charge is 2.47. The van der Waals surface area contributed by atoms with Crippen molar-refractivity contribution >= 4 is 5.91 Å². The molecule has 1 unspecified atom stereocenters. The molecule has 1 saturated heterocycles. The van der Waals surface area contributed by atoms with E-state index in [1.54, 1.807) is 6.20 Å². The fourth-order valence-corrected chi connectivity index (χ4v) is 4.96. The monoisotopic (exact) mass is 384 g/mol. The van der Waals surface area contributed by atoms with Crippen LogP contribution in [0.3, 0.4) is 0 Å². The van der Waals surface area contributed by atoms with Crippen LogP contribution < -0.4 is 0 Å². The largest absolute Gasteiger partial charge is 0.348 e. The number of rotatable bonds is 5. The van der Waals surface area contributed by atoms with Gasteiger partial charge in [-0.05, 0) is 24.8 Å². The Morgan fingerprint density at radius 2 is 2.00 bits per heavy atom. The molecule has 1 fully saturated rings. The Balaban J connectivity index is 1.47. The third-order valence-electron chi connectivity index (χ3n) is 6.33. The number of hydrogen-bond donors (Lipinski definition) is 1. The van der Waals surface area contributed by atoms with Gasteiger partial charge in [0.25, 0.3) is 0 Å². The van der Waals surface area contributed by atoms with E-state index in [-0.39, 0.29) is 17.4 Å². The molecule has 152 valence electrons. The van der Waals surface area contributed by atoms with Crippen molar-refractivity contribution in [1.29, 1.82) is 0 Å². The maximum Gasteiger partial charge on any atom is 0.227 e. The zero-order chi connectivity index (χ0) is 19.7. The summed E-state index contributed by atoms with van der Waals surface area (Å²) in [5, 5.41) is 4.24. The van der Waals surface area contributed by atoms with Crippen LogP contribution in [-0.4, -0.2) is 61.6 Å². The minimum absolute atomic E-state index is 0.0279. The zero-order valence-corrected chi connectivity index (χ0v) is 17.3. The summed E-state index contributed by atoms with van der Waals surface area (Å²) < 4.78 is 1.84. The molecule has 0 bridgehead atoms. The number of carbonyl (C=O) groups is 1. The summed E-state index contributed by atoms with van der Waals surface area (Å²) in [6.07, 6.45) is 8.47. The van der Waals surface area contributed by atoms with E-state index in [1.807, 2.05) is 35.1 Å². The summed E-state index contributed by atoms with van der Waals surface area (Å²) in [5.41, 5.74) is 2.47. The highest BCUT2D eigenvalue weighted by molar-refractivity contribution is 5.78. The lowest BCUT2D eigenvalue weighted by atomic mass is 9.78. The standard InChI is InChI=1S/C21H32N6O/c1-16(2)13-26-10-5-18-19(23-15-22-18)21(26)6-11-25(12-7-21)20(28)17(3)14-27-9-4-8-24-27/h4,8-9,15-17H,5-7,10-14H2,1-3H3,(H,22,23). The quantitative estimate of drug-likeness (QED) is 0.859. The van der Waals surface area contributed by atoms with Gasteiger partial charge in [0.05, 0.1) is 30.0 Å². The summed E-state index contributed by atoms with van der Waals surface area (Å²) in [6.45, 7) is 10.9. The van der Waals surface area contributed by atoms with Gasteiger partial charge in [-0.15, -0.1) is 0 Å². The van der Waals surface area contributed by atoms with Gasteiger partial charge in [0.2, 0.25) is 5.91 Å². The third kappa shape index (κ3) is 3.48. The summed E-state index contributed by atoms with van der Waals surface area (Å²) in [5.74, 6) is 0.790. The topological polar surface area (TPSA) is 70.1 Å². The molecule has 2 aromatic rings. The number of H-pyrrole nitrogens is 1. The SMILES string of the molecule is CC(C)CN1CCc2[nH]cnc2C12CCN(C(=O)C(C)Cn1cccn1)CC2. The molecule has 7 heteroatoms. The predicted molar refractivity (Wildman–Crippen MR) is 108 cm³/mol. The second-order valence-corrected chi connectivity index (χ2v) is 8.81. The minimum Gasteiger partial charge on any atom is -0.348 e. The van der Waals surface area contributed by atoms with E-state index in [2.05, 4.69) is 28.8 Å². The molecule has 0 saturated carbocycles. The first-order valence-electron chi connectivity index (χ1n) is 10.5. The van der Waals surface area contributed by atoms with Crippen molar-refractivity contribution in [3.63, 3.8) is 0 Å². The van der Waals surface area contributed by atoms with E-state index in [1.165, 1.54) is 11.4 Å². The average molecular weight is 385 g/mol. The lowest BCUT2D eigenvalue weighted by Crippen LogP contribution is -2.58. The van der Waals surface area contributed by atoms with Crippen molar-refractivity contribution < 1.29 is 4.79 Å². The Hall–Kier alpha value is -2.15. The van der Waals surface area contributed by atoms with E-state index in [4.69, 9.17) is 4.98 Å². The molecule has 1 atom stereocenters. The van der Waals surface area contributed by atoms with Gasteiger partial charge in [-0.25, -0.2) is 4.98 Å². The summed E-state index contributed by atoms with van der Waals surface area (Å²) in [6, 6.07) is 1.90. The predicted octanol–water partition coefficient (Wildman–Crippen LogP) is 2.27. The van der Waals surface area contributed by atoms with Crippen molar-refractivity contribution in [3.05, 3.63) is 36.2 Å². The Morgan fingerprint density at radius 1 is 1.21 bits per heavy atom. The van der Waals surface area contributed by atoms with Crippen molar-refractivity contribution in [2.45, 2.75) is 52.1 Å². The van der Waals surface area contributed by atoms with Crippen molar-refractivity contribution in [1.82, 2.24) is 29.5 Å². The van der Waals surface area contributed by atoms with Gasteiger partial charge in [0.1, 0.15) is 0 Å². The number of aromatic nitrogens is 4. The summed E-state index contributed by atoms with van der Waals surface area (Å²) in [7, 11) is 0. The van der Waals surface area contributed by atoms with E-state index in [0.29, 0.717) is 12.5 Å². The third-order valence-corrected chi connectivity index (χ3v) is 6.33. The van der Waals surface area contributed by atoms with Gasteiger partial charge in [-0.3, -0.25) is 14.4 Å². The molecule has 28 heavy (non-hydrogen) atoms. The van der Waals surface area contributed by atoms with Crippen LogP contribution in [0.2, 0.25) is 0 Å². The number of carbonyl (C=O) groups excluding carboxylic acids is 1. The van der Waals surface area contributed by atoms with Crippen LogP contribution in [0.4, 0.5) is 0 Å². The van der Waals surface area contributed by atoms with Gasteiger partial charge in [-0.1, -0.05) is 20.8 Å². The molecule has 1 N–H and O–H groups in total. The minimum atomic E-state index is -0.0620. The second-order valence-electron chi connectivity index (χ2n) is 8.81. The maximum atomic E-state index is 13.0.